The lowest BCUT2D eigenvalue weighted by atomic mass is 10.1. The Hall–Kier alpha value is -2.10. The zero-order valence-electron chi connectivity index (χ0n) is 26.3. The van der Waals surface area contributed by atoms with E-state index in [2.05, 4.69) is 62.5 Å². The van der Waals surface area contributed by atoms with Crippen LogP contribution in [0.1, 0.15) is 168 Å². The molecule has 0 saturated carbocycles. The second kappa shape index (κ2) is 36.9. The summed E-state index contributed by atoms with van der Waals surface area (Å²) >= 11 is 0. The summed E-state index contributed by atoms with van der Waals surface area (Å²) in [5, 5.41) is 17.0. The molecule has 0 amide bonds. The Morgan fingerprint density at radius 1 is 0.400 bits per heavy atom. The van der Waals surface area contributed by atoms with Crippen LogP contribution in [-0.4, -0.2) is 22.2 Å². The smallest absolute Gasteiger partial charge is 0.303 e. The molecule has 0 aliphatic carbocycles. The fourth-order valence-electron chi connectivity index (χ4n) is 4.18. The van der Waals surface area contributed by atoms with Crippen molar-refractivity contribution in [2.45, 2.75) is 168 Å². The molecule has 232 valence electrons. The quantitative estimate of drug-likeness (QED) is 0.0737. The highest BCUT2D eigenvalue weighted by atomic mass is 16.4. The number of aliphatic carboxylic acids is 2. The van der Waals surface area contributed by atoms with Crippen LogP contribution in [0.2, 0.25) is 0 Å². The van der Waals surface area contributed by atoms with Gasteiger partial charge < -0.3 is 10.2 Å². The fraction of sp³-hybridized carbons (Fsp3) is 0.722. The van der Waals surface area contributed by atoms with Crippen LogP contribution in [0.5, 0.6) is 0 Å². The van der Waals surface area contributed by atoms with Gasteiger partial charge in [0, 0.05) is 12.8 Å². The van der Waals surface area contributed by atoms with Gasteiger partial charge in [0.15, 0.2) is 0 Å². The van der Waals surface area contributed by atoms with E-state index in [0.717, 1.165) is 44.9 Å². The van der Waals surface area contributed by atoms with Crippen LogP contribution >= 0.6 is 0 Å². The molecule has 0 bridgehead atoms. The molecule has 0 heterocycles. The SMILES string of the molecule is CCCCCC=CCC=CCC=CCCCCC(=O)O.CCCCCCCCC=CCCCCCCCC(=O)O. The van der Waals surface area contributed by atoms with Crippen molar-refractivity contribution in [2.24, 2.45) is 0 Å². The number of hydrogen-bond donors (Lipinski definition) is 2. The van der Waals surface area contributed by atoms with Gasteiger partial charge in [-0.1, -0.05) is 127 Å². The minimum absolute atomic E-state index is 0.290. The van der Waals surface area contributed by atoms with Gasteiger partial charge in [-0.2, -0.15) is 0 Å². The maximum atomic E-state index is 10.3. The maximum absolute atomic E-state index is 10.3. The van der Waals surface area contributed by atoms with Crippen LogP contribution in [0, 0.1) is 0 Å². The minimum Gasteiger partial charge on any atom is -0.481 e. The Labute approximate surface area is 248 Å². The van der Waals surface area contributed by atoms with Gasteiger partial charge in [-0.3, -0.25) is 9.59 Å². The predicted octanol–water partition coefficient (Wildman–Crippen LogP) is 11.8. The summed E-state index contributed by atoms with van der Waals surface area (Å²) in [6.07, 6.45) is 44.6. The van der Waals surface area contributed by atoms with Gasteiger partial charge in [-0.25, -0.2) is 0 Å². The van der Waals surface area contributed by atoms with Crippen LogP contribution in [0.15, 0.2) is 48.6 Å². The molecule has 0 unspecified atom stereocenters. The largest absolute Gasteiger partial charge is 0.481 e. The first-order valence-electron chi connectivity index (χ1n) is 16.6. The summed E-state index contributed by atoms with van der Waals surface area (Å²) in [7, 11) is 0. The van der Waals surface area contributed by atoms with E-state index in [1.165, 1.54) is 96.3 Å². The molecule has 0 fully saturated rings. The van der Waals surface area contributed by atoms with E-state index in [-0.39, 0.29) is 0 Å². The number of carbonyl (C=O) groups is 2. The minimum atomic E-state index is -0.695. The zero-order valence-corrected chi connectivity index (χ0v) is 26.3. The average molecular weight is 561 g/mol. The van der Waals surface area contributed by atoms with Crippen molar-refractivity contribution in [1.29, 1.82) is 0 Å². The highest BCUT2D eigenvalue weighted by Gasteiger charge is 1.96. The number of allylic oxidation sites excluding steroid dienone is 8. The third-order valence-electron chi connectivity index (χ3n) is 6.68. The van der Waals surface area contributed by atoms with E-state index in [1.807, 2.05) is 0 Å². The fourth-order valence-corrected chi connectivity index (χ4v) is 4.18. The molecule has 0 atom stereocenters. The summed E-state index contributed by atoms with van der Waals surface area (Å²) in [5.41, 5.74) is 0. The van der Waals surface area contributed by atoms with Crippen LogP contribution in [0.3, 0.4) is 0 Å². The third-order valence-corrected chi connectivity index (χ3v) is 6.68. The second-order valence-corrected chi connectivity index (χ2v) is 10.7. The van der Waals surface area contributed by atoms with Crippen LogP contribution in [-0.2, 0) is 9.59 Å². The van der Waals surface area contributed by atoms with Crippen LogP contribution in [0.4, 0.5) is 0 Å². The predicted molar refractivity (Wildman–Crippen MR) is 174 cm³/mol. The molecule has 0 saturated heterocycles. The molecule has 0 rings (SSSR count). The van der Waals surface area contributed by atoms with Crippen molar-refractivity contribution in [3.63, 3.8) is 0 Å². The van der Waals surface area contributed by atoms with E-state index >= 15 is 0 Å². The van der Waals surface area contributed by atoms with E-state index in [0.29, 0.717) is 12.8 Å². The average Bonchev–Trinajstić information content (AvgIpc) is 2.93. The third kappa shape index (κ3) is 43.0. The summed E-state index contributed by atoms with van der Waals surface area (Å²) in [6, 6.07) is 0. The van der Waals surface area contributed by atoms with E-state index in [4.69, 9.17) is 10.2 Å². The van der Waals surface area contributed by atoms with E-state index < -0.39 is 11.9 Å². The van der Waals surface area contributed by atoms with Crippen molar-refractivity contribution in [1.82, 2.24) is 0 Å². The molecule has 0 aromatic heterocycles. The topological polar surface area (TPSA) is 74.6 Å². The lowest BCUT2D eigenvalue weighted by Gasteiger charge is -1.99. The van der Waals surface area contributed by atoms with Gasteiger partial charge in [0.1, 0.15) is 0 Å². The molecule has 2 N–H and O–H groups in total. The number of unbranched alkanes of at least 4 members (excludes halogenated alkanes) is 16. The molecule has 0 aromatic rings. The van der Waals surface area contributed by atoms with E-state index in [9.17, 15) is 9.59 Å². The zero-order chi connectivity index (χ0) is 29.8. The summed E-state index contributed by atoms with van der Waals surface area (Å²) < 4.78 is 0. The number of rotatable bonds is 28. The Balaban J connectivity index is 0. The van der Waals surface area contributed by atoms with E-state index in [1.54, 1.807) is 0 Å². The molecule has 40 heavy (non-hydrogen) atoms. The number of hydrogen-bond acceptors (Lipinski definition) is 2. The molecule has 0 aromatic carbocycles. The summed E-state index contributed by atoms with van der Waals surface area (Å²) in [6.45, 7) is 4.49. The lowest BCUT2D eigenvalue weighted by molar-refractivity contribution is -0.138. The molecule has 0 aliphatic rings. The Morgan fingerprint density at radius 3 is 1.12 bits per heavy atom. The van der Waals surface area contributed by atoms with Crippen LogP contribution in [0.25, 0.3) is 0 Å². The molecule has 4 nitrogen and oxygen atoms in total. The van der Waals surface area contributed by atoms with Crippen molar-refractivity contribution in [3.05, 3.63) is 48.6 Å². The highest BCUT2D eigenvalue weighted by Crippen LogP contribution is 2.10. The van der Waals surface area contributed by atoms with Gasteiger partial charge in [0.05, 0.1) is 0 Å². The van der Waals surface area contributed by atoms with Gasteiger partial charge >= 0.3 is 11.9 Å². The second-order valence-electron chi connectivity index (χ2n) is 10.7. The monoisotopic (exact) mass is 560 g/mol. The first-order valence-corrected chi connectivity index (χ1v) is 16.6. The first kappa shape index (κ1) is 40.0. The molecular weight excluding hydrogens is 496 g/mol. The molecular formula is C36H64O4. The van der Waals surface area contributed by atoms with Gasteiger partial charge in [0.2, 0.25) is 0 Å². The lowest BCUT2D eigenvalue weighted by Crippen LogP contribution is -1.93. The molecule has 0 radical (unpaired) electrons. The summed E-state index contributed by atoms with van der Waals surface area (Å²) in [4.78, 5) is 20.6. The Kier molecular flexibility index (Phi) is 36.9. The van der Waals surface area contributed by atoms with Crippen molar-refractivity contribution in [2.75, 3.05) is 0 Å². The Bertz CT molecular complexity index is 645. The molecule has 4 heteroatoms. The molecule has 0 spiro atoms. The van der Waals surface area contributed by atoms with Gasteiger partial charge in [0.25, 0.3) is 0 Å². The normalized spacial score (nSPS) is 11.7. The molecule has 0 aliphatic heterocycles. The summed E-state index contributed by atoms with van der Waals surface area (Å²) in [5.74, 6) is -1.36. The van der Waals surface area contributed by atoms with Crippen LogP contribution < -0.4 is 0 Å². The van der Waals surface area contributed by atoms with Gasteiger partial charge in [-0.05, 0) is 77.0 Å². The Morgan fingerprint density at radius 2 is 0.675 bits per heavy atom. The highest BCUT2D eigenvalue weighted by molar-refractivity contribution is 5.66. The number of carboxylic acids is 2. The standard InChI is InChI=1S/C18H34O2.C18H30O2/c2*1-2-3-4-5-6-7-8-9-10-11-12-13-14-15-16-17-18(19)20/h9-10H,2-8,11-17H2,1H3,(H,19,20);6-7,9-10,12-13H,2-5,8,11,14-17H2,1H3,(H,19,20). The first-order chi connectivity index (χ1) is 19.5. The van der Waals surface area contributed by atoms with Crippen molar-refractivity contribution in [3.8, 4) is 0 Å². The van der Waals surface area contributed by atoms with Crippen molar-refractivity contribution < 1.29 is 19.8 Å². The van der Waals surface area contributed by atoms with Crippen molar-refractivity contribution >= 4 is 11.9 Å². The number of carboxylic acid groups (broad SMARTS) is 2. The van der Waals surface area contributed by atoms with Gasteiger partial charge in [-0.15, -0.1) is 0 Å². The maximum Gasteiger partial charge on any atom is 0.303 e.